The molecule has 2 N–H and O–H groups in total. The molecule has 0 aliphatic heterocycles. The second-order valence-corrected chi connectivity index (χ2v) is 5.74. The van der Waals surface area contributed by atoms with Gasteiger partial charge in [0, 0.05) is 11.4 Å². The van der Waals surface area contributed by atoms with Gasteiger partial charge in [-0.15, -0.1) is 0 Å². The zero-order valence-corrected chi connectivity index (χ0v) is 11.7. The summed E-state index contributed by atoms with van der Waals surface area (Å²) in [6.45, 7) is 6.10. The molecule has 104 valence electrons. The molecule has 1 aromatic heterocycles. The van der Waals surface area contributed by atoms with Crippen molar-refractivity contribution in [3.05, 3.63) is 17.5 Å². The Kier molecular flexibility index (Phi) is 3.73. The predicted molar refractivity (Wildman–Crippen MR) is 73.3 cm³/mol. The fraction of sp³-hybridized carbons (Fsp3) is 0.643. The second kappa shape index (κ2) is 5.15. The lowest BCUT2D eigenvalue weighted by molar-refractivity contribution is -0.138. The van der Waals surface area contributed by atoms with Gasteiger partial charge in [-0.2, -0.15) is 0 Å². The van der Waals surface area contributed by atoms with E-state index < -0.39 is 5.97 Å². The normalized spacial score (nSPS) is 17.1. The Morgan fingerprint density at radius 2 is 2.16 bits per heavy atom. The van der Waals surface area contributed by atoms with Crippen LogP contribution >= 0.6 is 0 Å². The Morgan fingerprint density at radius 1 is 1.47 bits per heavy atom. The highest BCUT2D eigenvalue weighted by Gasteiger charge is 2.39. The van der Waals surface area contributed by atoms with Crippen molar-refractivity contribution in [3.8, 4) is 0 Å². The van der Waals surface area contributed by atoms with E-state index in [0.29, 0.717) is 11.9 Å². The number of anilines is 1. The van der Waals surface area contributed by atoms with Crippen LogP contribution in [0, 0.1) is 6.92 Å². The van der Waals surface area contributed by atoms with Crippen LogP contribution in [0.5, 0.6) is 0 Å². The molecule has 0 amide bonds. The standard InChI is InChI=1S/C14H21N3O2/c1-9(2)11-7-10(3)15-13(16-11)17-14(5-4-6-14)8-12(18)19/h7,9H,4-6,8H2,1-3H3,(H,18,19)(H,15,16,17). The molecule has 1 saturated carbocycles. The van der Waals surface area contributed by atoms with Gasteiger partial charge >= 0.3 is 5.97 Å². The lowest BCUT2D eigenvalue weighted by Crippen LogP contribution is -2.47. The monoisotopic (exact) mass is 263 g/mol. The van der Waals surface area contributed by atoms with Gasteiger partial charge in [-0.1, -0.05) is 13.8 Å². The summed E-state index contributed by atoms with van der Waals surface area (Å²) in [4.78, 5) is 19.8. The molecule has 2 rings (SSSR count). The number of aromatic nitrogens is 2. The third kappa shape index (κ3) is 3.22. The van der Waals surface area contributed by atoms with E-state index in [1.807, 2.05) is 13.0 Å². The molecular weight excluding hydrogens is 242 g/mol. The summed E-state index contributed by atoms with van der Waals surface area (Å²) in [5, 5.41) is 12.3. The van der Waals surface area contributed by atoms with Crippen molar-refractivity contribution in [1.29, 1.82) is 0 Å². The third-order valence-electron chi connectivity index (χ3n) is 3.64. The maximum absolute atomic E-state index is 11.0. The highest BCUT2D eigenvalue weighted by atomic mass is 16.4. The van der Waals surface area contributed by atoms with Crippen LogP contribution in [0.3, 0.4) is 0 Å². The smallest absolute Gasteiger partial charge is 0.305 e. The van der Waals surface area contributed by atoms with Crippen molar-refractivity contribution in [1.82, 2.24) is 9.97 Å². The molecule has 1 heterocycles. The lowest BCUT2D eigenvalue weighted by Gasteiger charge is -2.41. The molecule has 0 unspecified atom stereocenters. The summed E-state index contributed by atoms with van der Waals surface area (Å²) in [5.41, 5.74) is 1.54. The Balaban J connectivity index is 2.20. The first-order valence-electron chi connectivity index (χ1n) is 6.76. The van der Waals surface area contributed by atoms with Gasteiger partial charge in [0.05, 0.1) is 12.0 Å². The van der Waals surface area contributed by atoms with Crippen molar-refractivity contribution in [2.75, 3.05) is 5.32 Å². The van der Waals surface area contributed by atoms with Crippen molar-refractivity contribution < 1.29 is 9.90 Å². The van der Waals surface area contributed by atoms with Gasteiger partial charge in [0.1, 0.15) is 0 Å². The van der Waals surface area contributed by atoms with Crippen LogP contribution in [0.25, 0.3) is 0 Å². The molecule has 0 atom stereocenters. The van der Waals surface area contributed by atoms with E-state index in [9.17, 15) is 4.79 Å². The molecule has 0 spiro atoms. The number of hydrogen-bond acceptors (Lipinski definition) is 4. The lowest BCUT2D eigenvalue weighted by atomic mass is 9.74. The topological polar surface area (TPSA) is 75.1 Å². The Morgan fingerprint density at radius 3 is 2.63 bits per heavy atom. The summed E-state index contributed by atoms with van der Waals surface area (Å²) >= 11 is 0. The average Bonchev–Trinajstić information content (AvgIpc) is 2.24. The van der Waals surface area contributed by atoms with E-state index in [1.54, 1.807) is 0 Å². The average molecular weight is 263 g/mol. The van der Waals surface area contributed by atoms with Crippen LogP contribution in [0.4, 0.5) is 5.95 Å². The van der Waals surface area contributed by atoms with Gasteiger partial charge < -0.3 is 10.4 Å². The van der Waals surface area contributed by atoms with Crippen molar-refractivity contribution in [2.24, 2.45) is 0 Å². The molecule has 0 bridgehead atoms. The van der Waals surface area contributed by atoms with Crippen LogP contribution < -0.4 is 5.32 Å². The van der Waals surface area contributed by atoms with Crippen LogP contribution in [0.1, 0.15) is 56.8 Å². The minimum absolute atomic E-state index is 0.126. The summed E-state index contributed by atoms with van der Waals surface area (Å²) in [6, 6.07) is 1.97. The first-order valence-corrected chi connectivity index (χ1v) is 6.76. The summed E-state index contributed by atoms with van der Waals surface area (Å²) in [6.07, 6.45) is 2.92. The van der Waals surface area contributed by atoms with Gasteiger partial charge in [-0.3, -0.25) is 4.79 Å². The highest BCUT2D eigenvalue weighted by Crippen LogP contribution is 2.37. The molecule has 1 aliphatic rings. The maximum atomic E-state index is 11.0. The number of carbonyl (C=O) groups is 1. The van der Waals surface area contributed by atoms with E-state index in [2.05, 4.69) is 29.1 Å². The van der Waals surface area contributed by atoms with Crippen LogP contribution in [0.2, 0.25) is 0 Å². The first kappa shape index (κ1) is 13.8. The van der Waals surface area contributed by atoms with Gasteiger partial charge in [-0.05, 0) is 38.2 Å². The number of nitrogens with one attached hydrogen (secondary N) is 1. The van der Waals surface area contributed by atoms with Crippen molar-refractivity contribution in [2.45, 2.75) is 57.9 Å². The number of aryl methyl sites for hydroxylation is 1. The molecular formula is C14H21N3O2. The van der Waals surface area contributed by atoms with Gasteiger partial charge in [-0.25, -0.2) is 9.97 Å². The Hall–Kier alpha value is -1.65. The van der Waals surface area contributed by atoms with E-state index in [0.717, 1.165) is 30.7 Å². The molecule has 0 saturated heterocycles. The minimum atomic E-state index is -0.774. The fourth-order valence-corrected chi connectivity index (χ4v) is 2.42. The number of aliphatic carboxylic acids is 1. The Bertz CT molecular complexity index is 482. The Labute approximate surface area is 113 Å². The summed E-state index contributed by atoms with van der Waals surface area (Å²) in [5.74, 6) is 0.118. The zero-order valence-electron chi connectivity index (χ0n) is 11.7. The van der Waals surface area contributed by atoms with Gasteiger partial charge in [0.2, 0.25) is 5.95 Å². The van der Waals surface area contributed by atoms with E-state index >= 15 is 0 Å². The predicted octanol–water partition coefficient (Wildman–Crippen LogP) is 2.72. The minimum Gasteiger partial charge on any atom is -0.481 e. The van der Waals surface area contributed by atoms with Crippen LogP contribution in [-0.2, 0) is 4.79 Å². The van der Waals surface area contributed by atoms with E-state index in [4.69, 9.17) is 5.11 Å². The van der Waals surface area contributed by atoms with Crippen LogP contribution in [-0.4, -0.2) is 26.6 Å². The fourth-order valence-electron chi connectivity index (χ4n) is 2.42. The maximum Gasteiger partial charge on any atom is 0.305 e. The quantitative estimate of drug-likeness (QED) is 0.854. The highest BCUT2D eigenvalue weighted by molar-refractivity contribution is 5.69. The molecule has 5 heteroatoms. The molecule has 1 aromatic rings. The number of rotatable bonds is 5. The summed E-state index contributed by atoms with van der Waals surface area (Å²) in [7, 11) is 0. The summed E-state index contributed by atoms with van der Waals surface area (Å²) < 4.78 is 0. The molecule has 0 radical (unpaired) electrons. The number of nitrogens with zero attached hydrogens (tertiary/aromatic N) is 2. The van der Waals surface area contributed by atoms with E-state index in [1.165, 1.54) is 0 Å². The molecule has 1 fully saturated rings. The number of carboxylic acids is 1. The SMILES string of the molecule is Cc1cc(C(C)C)nc(NC2(CC(=O)O)CCC2)n1. The third-order valence-corrected chi connectivity index (χ3v) is 3.64. The molecule has 5 nitrogen and oxygen atoms in total. The van der Waals surface area contributed by atoms with Crippen molar-refractivity contribution in [3.63, 3.8) is 0 Å². The molecule has 19 heavy (non-hydrogen) atoms. The second-order valence-electron chi connectivity index (χ2n) is 5.74. The van der Waals surface area contributed by atoms with Gasteiger partial charge in [0.25, 0.3) is 0 Å². The van der Waals surface area contributed by atoms with Crippen LogP contribution in [0.15, 0.2) is 6.07 Å². The first-order chi connectivity index (χ1) is 8.90. The van der Waals surface area contributed by atoms with E-state index in [-0.39, 0.29) is 12.0 Å². The largest absolute Gasteiger partial charge is 0.481 e. The number of carboxylic acid groups (broad SMARTS) is 1. The number of hydrogen-bond donors (Lipinski definition) is 2. The zero-order chi connectivity index (χ0) is 14.0. The van der Waals surface area contributed by atoms with Crippen molar-refractivity contribution >= 4 is 11.9 Å². The molecule has 0 aromatic carbocycles. The van der Waals surface area contributed by atoms with Gasteiger partial charge in [0.15, 0.2) is 0 Å². The molecule has 1 aliphatic carbocycles.